The van der Waals surface area contributed by atoms with Gasteiger partial charge in [0.05, 0.1) is 30.9 Å². The van der Waals surface area contributed by atoms with Crippen molar-refractivity contribution in [1.29, 1.82) is 0 Å². The molecule has 1 aromatic heterocycles. The number of hydrogen-bond donors (Lipinski definition) is 1. The first-order valence-electron chi connectivity index (χ1n) is 7.45. The highest BCUT2D eigenvalue weighted by atomic mass is 32.1. The zero-order valence-electron chi connectivity index (χ0n) is 13.2. The molecule has 0 radical (unpaired) electrons. The minimum Gasteiger partial charge on any atom is -0.340 e. The summed E-state index contributed by atoms with van der Waals surface area (Å²) in [4.78, 5) is 20.4. The van der Waals surface area contributed by atoms with Gasteiger partial charge in [-0.05, 0) is 12.1 Å². The lowest BCUT2D eigenvalue weighted by atomic mass is 10.2. The number of hydrogen-bond acceptors (Lipinski definition) is 3. The molecule has 0 atom stereocenters. The first kappa shape index (κ1) is 15.9. The summed E-state index contributed by atoms with van der Waals surface area (Å²) < 4.78 is 1.13. The van der Waals surface area contributed by atoms with Gasteiger partial charge in [-0.2, -0.15) is 0 Å². The van der Waals surface area contributed by atoms with E-state index < -0.39 is 0 Å². The first-order valence-corrected chi connectivity index (χ1v) is 8.26. The zero-order valence-corrected chi connectivity index (χ0v) is 14.0. The fraction of sp³-hybridized carbons (Fsp3) is 0.500. The molecule has 21 heavy (non-hydrogen) atoms. The summed E-state index contributed by atoms with van der Waals surface area (Å²) in [5.41, 5.74) is 0.970. The van der Waals surface area contributed by atoms with Crippen molar-refractivity contribution >= 4 is 32.6 Å². The predicted molar refractivity (Wildman–Crippen MR) is 89.1 cm³/mol. The molecule has 0 bridgehead atoms. The fourth-order valence-electron chi connectivity index (χ4n) is 2.18. The number of para-hydroxylation sites is 1. The highest BCUT2D eigenvalue weighted by Gasteiger charge is 2.22. The van der Waals surface area contributed by atoms with Crippen LogP contribution in [0.4, 0.5) is 5.13 Å². The molecule has 1 heterocycles. The molecule has 0 aliphatic heterocycles. The molecule has 2 rings (SSSR count). The lowest BCUT2D eigenvalue weighted by Gasteiger charge is -2.22. The van der Waals surface area contributed by atoms with E-state index in [0.29, 0.717) is 0 Å². The highest BCUT2D eigenvalue weighted by molar-refractivity contribution is 7.22. The second-order valence-corrected chi connectivity index (χ2v) is 6.93. The third kappa shape index (κ3) is 4.02. The monoisotopic (exact) mass is 306 g/mol. The number of nitrogens with zero attached hydrogens (tertiary/aromatic N) is 2. The fourth-order valence-corrected chi connectivity index (χ4v) is 3.18. The van der Waals surface area contributed by atoms with E-state index in [1.54, 1.807) is 11.3 Å². The Labute approximate surface area is 130 Å². The van der Waals surface area contributed by atoms with Crippen LogP contribution in [0.3, 0.4) is 0 Å². The van der Waals surface area contributed by atoms with E-state index in [2.05, 4.69) is 25.1 Å². The summed E-state index contributed by atoms with van der Waals surface area (Å²) >= 11 is 1.60. The molecule has 4 nitrogen and oxygen atoms in total. The molecule has 0 fully saturated rings. The van der Waals surface area contributed by atoms with Gasteiger partial charge in [0.2, 0.25) is 5.91 Å². The van der Waals surface area contributed by atoms with Gasteiger partial charge in [0.1, 0.15) is 0 Å². The van der Waals surface area contributed by atoms with Crippen LogP contribution in [0.2, 0.25) is 0 Å². The van der Waals surface area contributed by atoms with Crippen LogP contribution in [0.1, 0.15) is 20.3 Å². The Balaban J connectivity index is 2.23. The number of quaternary nitrogens is 1. The SMILES string of the molecule is CC(C)C(=O)N(CCC[NH+](C)C)c1nc2ccccc2s1. The number of fused-ring (bicyclic) bond motifs is 1. The Morgan fingerprint density at radius 1 is 1.33 bits per heavy atom. The van der Waals surface area contributed by atoms with Gasteiger partial charge in [-0.15, -0.1) is 0 Å². The molecule has 2 aromatic rings. The van der Waals surface area contributed by atoms with Crippen LogP contribution < -0.4 is 9.80 Å². The topological polar surface area (TPSA) is 37.6 Å². The van der Waals surface area contributed by atoms with Gasteiger partial charge in [0.15, 0.2) is 5.13 Å². The number of benzene rings is 1. The summed E-state index contributed by atoms with van der Waals surface area (Å²) in [5.74, 6) is 0.145. The number of thiazole rings is 1. The van der Waals surface area contributed by atoms with Crippen molar-refractivity contribution in [1.82, 2.24) is 4.98 Å². The molecular formula is C16H24N3OS+. The van der Waals surface area contributed by atoms with Crippen LogP contribution in [0.5, 0.6) is 0 Å². The molecule has 0 spiro atoms. The van der Waals surface area contributed by atoms with E-state index >= 15 is 0 Å². The van der Waals surface area contributed by atoms with Crippen LogP contribution >= 0.6 is 11.3 Å². The van der Waals surface area contributed by atoms with Crippen LogP contribution in [-0.2, 0) is 4.79 Å². The third-order valence-electron chi connectivity index (χ3n) is 3.33. The van der Waals surface area contributed by atoms with Crippen molar-refractivity contribution in [2.24, 2.45) is 5.92 Å². The summed E-state index contributed by atoms with van der Waals surface area (Å²) in [6.07, 6.45) is 0.983. The van der Waals surface area contributed by atoms with Gasteiger partial charge >= 0.3 is 0 Å². The normalized spacial score (nSPS) is 11.5. The van der Waals surface area contributed by atoms with E-state index in [1.165, 1.54) is 4.90 Å². The summed E-state index contributed by atoms with van der Waals surface area (Å²) in [6, 6.07) is 8.04. The molecule has 1 aromatic carbocycles. The third-order valence-corrected chi connectivity index (χ3v) is 4.39. The number of aromatic nitrogens is 1. The van der Waals surface area contributed by atoms with Crippen molar-refractivity contribution < 1.29 is 9.69 Å². The number of nitrogens with one attached hydrogen (secondary N) is 1. The lowest BCUT2D eigenvalue weighted by Crippen LogP contribution is -3.05. The molecule has 0 saturated heterocycles. The Kier molecular flexibility index (Phi) is 5.31. The maximum absolute atomic E-state index is 12.5. The first-order chi connectivity index (χ1) is 9.99. The second-order valence-electron chi connectivity index (χ2n) is 5.92. The number of amides is 1. The van der Waals surface area contributed by atoms with Gasteiger partial charge in [-0.3, -0.25) is 9.69 Å². The van der Waals surface area contributed by atoms with Crippen LogP contribution in [0.25, 0.3) is 10.2 Å². The average molecular weight is 306 g/mol. The Morgan fingerprint density at radius 3 is 2.67 bits per heavy atom. The minimum atomic E-state index is -0.0104. The second kappa shape index (κ2) is 7.00. The maximum atomic E-state index is 12.5. The number of rotatable bonds is 6. The van der Waals surface area contributed by atoms with Gasteiger partial charge in [0, 0.05) is 18.9 Å². The molecule has 0 saturated carbocycles. The standard InChI is InChI=1S/C16H23N3OS/c1-12(2)15(20)19(11-7-10-18(3)4)16-17-13-8-5-6-9-14(13)21-16/h5-6,8-9,12H,7,10-11H2,1-4H3/p+1. The molecule has 0 unspecified atom stereocenters. The van der Waals surface area contributed by atoms with Crippen molar-refractivity contribution in [3.63, 3.8) is 0 Å². The highest BCUT2D eigenvalue weighted by Crippen LogP contribution is 2.29. The summed E-state index contributed by atoms with van der Waals surface area (Å²) in [6.45, 7) is 5.68. The molecule has 114 valence electrons. The largest absolute Gasteiger partial charge is 0.340 e. The summed E-state index contributed by atoms with van der Waals surface area (Å²) in [5, 5.41) is 0.823. The lowest BCUT2D eigenvalue weighted by molar-refractivity contribution is -0.858. The molecule has 1 N–H and O–H groups in total. The Bertz CT molecular complexity index is 573. The molecular weight excluding hydrogens is 282 g/mol. The van der Waals surface area contributed by atoms with E-state index in [-0.39, 0.29) is 11.8 Å². The minimum absolute atomic E-state index is 0.0104. The van der Waals surface area contributed by atoms with Crippen molar-refractivity contribution in [2.75, 3.05) is 32.1 Å². The van der Waals surface area contributed by atoms with E-state index in [1.807, 2.05) is 36.9 Å². The van der Waals surface area contributed by atoms with E-state index in [9.17, 15) is 4.79 Å². The maximum Gasteiger partial charge on any atom is 0.231 e. The average Bonchev–Trinajstić information content (AvgIpc) is 2.85. The van der Waals surface area contributed by atoms with Crippen molar-refractivity contribution in [3.8, 4) is 0 Å². The quantitative estimate of drug-likeness (QED) is 0.884. The molecule has 1 amide bonds. The molecule has 0 aliphatic rings. The van der Waals surface area contributed by atoms with Crippen LogP contribution in [0.15, 0.2) is 24.3 Å². The number of carbonyl (C=O) groups excluding carboxylic acids is 1. The number of anilines is 1. The van der Waals surface area contributed by atoms with Gasteiger partial charge in [-0.25, -0.2) is 4.98 Å². The van der Waals surface area contributed by atoms with Gasteiger partial charge < -0.3 is 4.90 Å². The smallest absolute Gasteiger partial charge is 0.231 e. The predicted octanol–water partition coefficient (Wildman–Crippen LogP) is 1.82. The van der Waals surface area contributed by atoms with Gasteiger partial charge in [-0.1, -0.05) is 37.3 Å². The van der Waals surface area contributed by atoms with Crippen molar-refractivity contribution in [2.45, 2.75) is 20.3 Å². The van der Waals surface area contributed by atoms with E-state index in [0.717, 1.165) is 34.9 Å². The van der Waals surface area contributed by atoms with Crippen LogP contribution in [0, 0.1) is 5.92 Å². The number of carbonyl (C=O) groups is 1. The zero-order chi connectivity index (χ0) is 15.4. The molecule has 5 heteroatoms. The Morgan fingerprint density at radius 2 is 2.05 bits per heavy atom. The van der Waals surface area contributed by atoms with Crippen molar-refractivity contribution in [3.05, 3.63) is 24.3 Å². The summed E-state index contributed by atoms with van der Waals surface area (Å²) in [7, 11) is 4.26. The Hall–Kier alpha value is -1.46. The van der Waals surface area contributed by atoms with E-state index in [4.69, 9.17) is 0 Å². The molecule has 0 aliphatic carbocycles. The van der Waals surface area contributed by atoms with Gasteiger partial charge in [0.25, 0.3) is 0 Å². The van der Waals surface area contributed by atoms with Crippen LogP contribution in [-0.4, -0.2) is 38.1 Å².